The highest BCUT2D eigenvalue weighted by molar-refractivity contribution is 7.07. The van der Waals surface area contributed by atoms with Crippen LogP contribution in [0.4, 0.5) is 11.4 Å². The third-order valence-corrected chi connectivity index (χ3v) is 3.23. The van der Waals surface area contributed by atoms with Gasteiger partial charge in [0.25, 0.3) is 0 Å². The van der Waals surface area contributed by atoms with E-state index in [9.17, 15) is 0 Å². The van der Waals surface area contributed by atoms with Gasteiger partial charge < -0.3 is 10.6 Å². The Morgan fingerprint density at radius 2 is 2.25 bits per heavy atom. The highest BCUT2D eigenvalue weighted by atomic mass is 32.1. The largest absolute Gasteiger partial charge is 0.397 e. The lowest BCUT2D eigenvalue weighted by molar-refractivity contribution is 0.895. The topological polar surface area (TPSA) is 42.2 Å². The number of aromatic nitrogens is 1. The molecule has 0 aliphatic heterocycles. The van der Waals surface area contributed by atoms with Crippen LogP contribution in [-0.2, 0) is 6.54 Å². The summed E-state index contributed by atoms with van der Waals surface area (Å²) in [7, 11) is 2.03. The minimum atomic E-state index is 0.789. The van der Waals surface area contributed by atoms with E-state index in [2.05, 4.69) is 15.3 Å². The standard InChI is InChI=1S/C12H15N3S/c1-9-4-3-5-11(12(9)13)15(2)6-10-7-16-8-14-10/h3-5,7-8H,6,13H2,1-2H3. The molecule has 2 aromatic rings. The molecule has 0 amide bonds. The molecular formula is C12H15N3S. The molecule has 16 heavy (non-hydrogen) atoms. The molecule has 0 saturated heterocycles. The van der Waals surface area contributed by atoms with Crippen LogP contribution in [0, 0.1) is 6.92 Å². The summed E-state index contributed by atoms with van der Waals surface area (Å²) >= 11 is 1.62. The minimum absolute atomic E-state index is 0.789. The van der Waals surface area contributed by atoms with E-state index in [1.54, 1.807) is 11.3 Å². The molecular weight excluding hydrogens is 218 g/mol. The minimum Gasteiger partial charge on any atom is -0.397 e. The van der Waals surface area contributed by atoms with E-state index in [-0.39, 0.29) is 0 Å². The first kappa shape index (κ1) is 11.0. The predicted octanol–water partition coefficient (Wildman–Crippen LogP) is 2.67. The number of hydrogen-bond donors (Lipinski definition) is 1. The van der Waals surface area contributed by atoms with E-state index in [4.69, 9.17) is 5.73 Å². The summed E-state index contributed by atoms with van der Waals surface area (Å²) in [4.78, 5) is 6.39. The molecule has 2 N–H and O–H groups in total. The van der Waals surface area contributed by atoms with Crippen molar-refractivity contribution in [2.75, 3.05) is 17.7 Å². The average Bonchev–Trinajstić information content (AvgIpc) is 2.74. The molecule has 3 nitrogen and oxygen atoms in total. The van der Waals surface area contributed by atoms with Crippen molar-refractivity contribution in [2.24, 2.45) is 0 Å². The molecule has 1 aromatic carbocycles. The van der Waals surface area contributed by atoms with Gasteiger partial charge >= 0.3 is 0 Å². The third kappa shape index (κ3) is 2.17. The first-order chi connectivity index (χ1) is 7.68. The van der Waals surface area contributed by atoms with E-state index in [0.717, 1.165) is 29.2 Å². The smallest absolute Gasteiger partial charge is 0.0795 e. The predicted molar refractivity (Wildman–Crippen MR) is 69.8 cm³/mol. The third-order valence-electron chi connectivity index (χ3n) is 2.59. The zero-order valence-corrected chi connectivity index (χ0v) is 10.3. The SMILES string of the molecule is Cc1cccc(N(C)Cc2cscn2)c1N. The first-order valence-electron chi connectivity index (χ1n) is 5.12. The van der Waals surface area contributed by atoms with Crippen LogP contribution in [0.2, 0.25) is 0 Å². The second-order valence-electron chi connectivity index (χ2n) is 3.84. The molecule has 0 saturated carbocycles. The van der Waals surface area contributed by atoms with Crippen molar-refractivity contribution in [3.8, 4) is 0 Å². The fraction of sp³-hybridized carbons (Fsp3) is 0.250. The summed E-state index contributed by atoms with van der Waals surface area (Å²) in [5, 5.41) is 2.06. The van der Waals surface area contributed by atoms with Gasteiger partial charge in [-0.15, -0.1) is 11.3 Å². The van der Waals surface area contributed by atoms with Gasteiger partial charge in [-0.3, -0.25) is 0 Å². The zero-order valence-electron chi connectivity index (χ0n) is 9.47. The summed E-state index contributed by atoms with van der Waals surface area (Å²) in [6.07, 6.45) is 0. The maximum absolute atomic E-state index is 6.05. The van der Waals surface area contributed by atoms with Crippen LogP contribution in [0.1, 0.15) is 11.3 Å². The van der Waals surface area contributed by atoms with Gasteiger partial charge in [-0.05, 0) is 18.6 Å². The van der Waals surface area contributed by atoms with Crippen LogP contribution in [0.5, 0.6) is 0 Å². The summed E-state index contributed by atoms with van der Waals surface area (Å²) in [5.41, 5.74) is 12.0. The number of thiazole rings is 1. The number of nitrogen functional groups attached to an aromatic ring is 1. The molecule has 0 radical (unpaired) electrons. The number of nitrogens with two attached hydrogens (primary N) is 1. The van der Waals surface area contributed by atoms with Crippen LogP contribution >= 0.6 is 11.3 Å². The Hall–Kier alpha value is -1.55. The van der Waals surface area contributed by atoms with Crippen molar-refractivity contribution < 1.29 is 0 Å². The van der Waals surface area contributed by atoms with E-state index in [0.29, 0.717) is 0 Å². The quantitative estimate of drug-likeness (QED) is 0.829. The number of nitrogens with zero attached hydrogens (tertiary/aromatic N) is 2. The number of para-hydroxylation sites is 1. The number of benzene rings is 1. The summed E-state index contributed by atoms with van der Waals surface area (Å²) in [6.45, 7) is 2.81. The number of aryl methyl sites for hydroxylation is 1. The van der Waals surface area contributed by atoms with Crippen molar-refractivity contribution in [1.82, 2.24) is 4.98 Å². The van der Waals surface area contributed by atoms with Gasteiger partial charge in [-0.2, -0.15) is 0 Å². The van der Waals surface area contributed by atoms with E-state index in [1.807, 2.05) is 37.7 Å². The molecule has 2 rings (SSSR count). The lowest BCUT2D eigenvalue weighted by Crippen LogP contribution is -2.18. The highest BCUT2D eigenvalue weighted by Gasteiger charge is 2.08. The van der Waals surface area contributed by atoms with E-state index >= 15 is 0 Å². The lowest BCUT2D eigenvalue weighted by atomic mass is 10.1. The van der Waals surface area contributed by atoms with Gasteiger partial charge in [0.15, 0.2) is 0 Å². The summed E-state index contributed by atoms with van der Waals surface area (Å²) < 4.78 is 0. The van der Waals surface area contributed by atoms with Gasteiger partial charge in [0, 0.05) is 12.4 Å². The van der Waals surface area contributed by atoms with Crippen LogP contribution in [0.15, 0.2) is 29.1 Å². The van der Waals surface area contributed by atoms with Crippen molar-refractivity contribution in [3.63, 3.8) is 0 Å². The molecule has 1 aromatic heterocycles. The normalized spacial score (nSPS) is 10.4. The molecule has 0 atom stereocenters. The molecule has 0 aliphatic carbocycles. The second-order valence-corrected chi connectivity index (χ2v) is 4.56. The van der Waals surface area contributed by atoms with Gasteiger partial charge in [-0.1, -0.05) is 12.1 Å². The molecule has 0 bridgehead atoms. The number of hydrogen-bond acceptors (Lipinski definition) is 4. The molecule has 0 unspecified atom stereocenters. The van der Waals surface area contributed by atoms with Crippen molar-refractivity contribution in [3.05, 3.63) is 40.3 Å². The molecule has 0 spiro atoms. The van der Waals surface area contributed by atoms with Crippen molar-refractivity contribution in [1.29, 1.82) is 0 Å². The van der Waals surface area contributed by atoms with E-state index in [1.165, 1.54) is 0 Å². The Morgan fingerprint density at radius 1 is 1.44 bits per heavy atom. The summed E-state index contributed by atoms with van der Waals surface area (Å²) in [5.74, 6) is 0. The van der Waals surface area contributed by atoms with Crippen LogP contribution in [-0.4, -0.2) is 12.0 Å². The van der Waals surface area contributed by atoms with Gasteiger partial charge in [0.1, 0.15) is 0 Å². The first-order valence-corrected chi connectivity index (χ1v) is 6.06. The molecule has 1 heterocycles. The van der Waals surface area contributed by atoms with Crippen LogP contribution in [0.25, 0.3) is 0 Å². The number of rotatable bonds is 3. The summed E-state index contributed by atoms with van der Waals surface area (Å²) in [6, 6.07) is 6.09. The molecule has 0 fully saturated rings. The van der Waals surface area contributed by atoms with E-state index < -0.39 is 0 Å². The Kier molecular flexibility index (Phi) is 3.10. The van der Waals surface area contributed by atoms with Crippen molar-refractivity contribution in [2.45, 2.75) is 13.5 Å². The Morgan fingerprint density at radius 3 is 2.94 bits per heavy atom. The lowest BCUT2D eigenvalue weighted by Gasteiger charge is -2.21. The maximum atomic E-state index is 6.05. The number of anilines is 2. The van der Waals surface area contributed by atoms with Crippen molar-refractivity contribution >= 4 is 22.7 Å². The Labute approximate surface area is 99.5 Å². The van der Waals surface area contributed by atoms with Gasteiger partial charge in [0.2, 0.25) is 0 Å². The maximum Gasteiger partial charge on any atom is 0.0795 e. The Balaban J connectivity index is 2.21. The van der Waals surface area contributed by atoms with Gasteiger partial charge in [-0.25, -0.2) is 4.98 Å². The monoisotopic (exact) mass is 233 g/mol. The van der Waals surface area contributed by atoms with Gasteiger partial charge in [0.05, 0.1) is 29.1 Å². The van der Waals surface area contributed by atoms with Crippen LogP contribution < -0.4 is 10.6 Å². The molecule has 0 aliphatic rings. The second kappa shape index (κ2) is 4.53. The fourth-order valence-corrected chi connectivity index (χ4v) is 2.19. The molecule has 84 valence electrons. The zero-order chi connectivity index (χ0) is 11.5. The fourth-order valence-electron chi connectivity index (χ4n) is 1.64. The van der Waals surface area contributed by atoms with Crippen LogP contribution in [0.3, 0.4) is 0 Å². The molecule has 4 heteroatoms. The Bertz CT molecular complexity index is 465. The highest BCUT2D eigenvalue weighted by Crippen LogP contribution is 2.26. The average molecular weight is 233 g/mol.